The first-order valence-electron chi connectivity index (χ1n) is 12.3. The molecule has 5 rings (SSSR count). The largest absolute Gasteiger partial charge is 0.385 e. The number of carbonyl (C=O) groups excluding carboxylic acids is 1. The average Bonchev–Trinajstić information content (AvgIpc) is 2.83. The van der Waals surface area contributed by atoms with E-state index < -0.39 is 33.0 Å². The highest BCUT2D eigenvalue weighted by molar-refractivity contribution is 7.89. The molecule has 6 nitrogen and oxygen atoms in total. The predicted molar refractivity (Wildman–Crippen MR) is 133 cm³/mol. The maximum Gasteiger partial charge on any atom is 0.243 e. The second kappa shape index (κ2) is 8.96. The van der Waals surface area contributed by atoms with Gasteiger partial charge in [0.15, 0.2) is 5.78 Å². The Hall–Kier alpha value is -2.32. The van der Waals surface area contributed by atoms with Gasteiger partial charge in [0.05, 0.1) is 23.0 Å². The maximum atomic E-state index is 13.9. The molecule has 1 saturated carbocycles. The summed E-state index contributed by atoms with van der Waals surface area (Å²) in [6.45, 7) is 5.03. The molecular weight excluding hydrogens is 462 g/mol. The molecule has 2 aromatic carbocycles. The Balaban J connectivity index is 1.51. The molecule has 0 amide bonds. The number of aliphatic hydroxyl groups is 1. The zero-order chi connectivity index (χ0) is 24.8. The Morgan fingerprint density at radius 1 is 1.11 bits per heavy atom. The number of sulfonamides is 1. The normalized spacial score (nSPS) is 32.5. The van der Waals surface area contributed by atoms with E-state index in [2.05, 4.69) is 6.92 Å². The summed E-state index contributed by atoms with van der Waals surface area (Å²) < 4.78 is 35.2. The van der Waals surface area contributed by atoms with Gasteiger partial charge in [-0.3, -0.25) is 4.79 Å². The standard InChI is InChI=1S/C28H33NO5S/c1-20-10-12-23(13-11-20)35(32,33)29-18-22-17-24(30)26(31)28(25(29)9-6-14-27(22,28)2)15-16-34-19-21-7-4-3-5-8-21/h3-13,22,24-25,30H,14-19H2,1-2H3/t22-,24+,25+,27+,28-/m1/s1. The van der Waals surface area contributed by atoms with Crippen molar-refractivity contribution in [3.8, 4) is 0 Å². The molecule has 35 heavy (non-hydrogen) atoms. The number of ketones is 1. The second-order valence-electron chi connectivity index (χ2n) is 10.5. The van der Waals surface area contributed by atoms with Gasteiger partial charge in [0.1, 0.15) is 6.10 Å². The van der Waals surface area contributed by atoms with E-state index in [0.717, 1.165) is 11.1 Å². The number of aryl methyl sites for hydroxylation is 1. The molecule has 3 aliphatic rings. The molecule has 186 valence electrons. The van der Waals surface area contributed by atoms with E-state index in [1.165, 1.54) is 4.31 Å². The van der Waals surface area contributed by atoms with Crippen molar-refractivity contribution in [2.24, 2.45) is 16.7 Å². The molecular formula is C28H33NO5S. The molecule has 5 atom stereocenters. The van der Waals surface area contributed by atoms with Crippen molar-refractivity contribution in [3.63, 3.8) is 0 Å². The molecule has 7 heteroatoms. The topological polar surface area (TPSA) is 83.9 Å². The Labute approximate surface area is 207 Å². The van der Waals surface area contributed by atoms with Crippen LogP contribution in [0.1, 0.15) is 37.3 Å². The fourth-order valence-corrected chi connectivity index (χ4v) is 8.29. The third-order valence-corrected chi connectivity index (χ3v) is 10.5. The molecule has 2 aliphatic carbocycles. The van der Waals surface area contributed by atoms with Crippen LogP contribution >= 0.6 is 0 Å². The van der Waals surface area contributed by atoms with Gasteiger partial charge in [0, 0.05) is 13.2 Å². The number of rotatable bonds is 7. The summed E-state index contributed by atoms with van der Waals surface area (Å²) in [6, 6.07) is 16.0. The lowest BCUT2D eigenvalue weighted by Gasteiger charge is -2.65. The van der Waals surface area contributed by atoms with Gasteiger partial charge in [-0.25, -0.2) is 8.42 Å². The average molecular weight is 496 g/mol. The van der Waals surface area contributed by atoms with E-state index in [9.17, 15) is 18.3 Å². The van der Waals surface area contributed by atoms with Crippen molar-refractivity contribution in [3.05, 3.63) is 77.9 Å². The van der Waals surface area contributed by atoms with Crippen molar-refractivity contribution in [2.45, 2.75) is 56.8 Å². The second-order valence-corrected chi connectivity index (χ2v) is 12.3. The number of ether oxygens (including phenoxy) is 1. The van der Waals surface area contributed by atoms with Crippen molar-refractivity contribution in [1.82, 2.24) is 4.31 Å². The molecule has 2 fully saturated rings. The molecule has 0 aromatic heterocycles. The first-order chi connectivity index (χ1) is 16.7. The zero-order valence-electron chi connectivity index (χ0n) is 20.3. The molecule has 1 heterocycles. The molecule has 1 saturated heterocycles. The quantitative estimate of drug-likeness (QED) is 0.466. The Morgan fingerprint density at radius 3 is 2.54 bits per heavy atom. The number of hydrogen-bond acceptors (Lipinski definition) is 5. The summed E-state index contributed by atoms with van der Waals surface area (Å²) in [5, 5.41) is 10.8. The highest BCUT2D eigenvalue weighted by atomic mass is 32.2. The highest BCUT2D eigenvalue weighted by Crippen LogP contribution is 2.64. The minimum Gasteiger partial charge on any atom is -0.385 e. The summed E-state index contributed by atoms with van der Waals surface area (Å²) in [4.78, 5) is 14.1. The van der Waals surface area contributed by atoms with Gasteiger partial charge >= 0.3 is 0 Å². The fourth-order valence-electron chi connectivity index (χ4n) is 6.61. The van der Waals surface area contributed by atoms with Crippen LogP contribution in [0.5, 0.6) is 0 Å². The van der Waals surface area contributed by atoms with E-state index in [0.29, 0.717) is 32.6 Å². The lowest BCUT2D eigenvalue weighted by Crippen LogP contribution is -2.73. The van der Waals surface area contributed by atoms with Gasteiger partial charge in [-0.05, 0) is 55.2 Å². The van der Waals surface area contributed by atoms with Gasteiger partial charge in [-0.1, -0.05) is 67.1 Å². The molecule has 1 N–H and O–H groups in total. The van der Waals surface area contributed by atoms with Crippen LogP contribution in [-0.4, -0.2) is 48.9 Å². The van der Waals surface area contributed by atoms with E-state index in [1.54, 1.807) is 24.3 Å². The summed E-state index contributed by atoms with van der Waals surface area (Å²) in [5.74, 6) is -0.386. The third kappa shape index (κ3) is 3.80. The summed E-state index contributed by atoms with van der Waals surface area (Å²) >= 11 is 0. The summed E-state index contributed by atoms with van der Waals surface area (Å²) in [6.07, 6.45) is 4.13. The number of hydrogen-bond donors (Lipinski definition) is 1. The van der Waals surface area contributed by atoms with Crippen molar-refractivity contribution in [1.29, 1.82) is 0 Å². The third-order valence-electron chi connectivity index (χ3n) is 8.63. The smallest absolute Gasteiger partial charge is 0.243 e. The van der Waals surface area contributed by atoms with Crippen LogP contribution < -0.4 is 0 Å². The van der Waals surface area contributed by atoms with E-state index in [-0.39, 0.29) is 23.0 Å². The van der Waals surface area contributed by atoms with E-state index in [4.69, 9.17) is 4.74 Å². The number of aliphatic hydroxyl groups excluding tert-OH is 1. The zero-order valence-corrected chi connectivity index (χ0v) is 21.1. The minimum atomic E-state index is -3.84. The van der Waals surface area contributed by atoms with Crippen molar-refractivity contribution in [2.75, 3.05) is 13.2 Å². The molecule has 2 aromatic rings. The monoisotopic (exact) mass is 495 g/mol. The number of allylic oxidation sites excluding steroid dienone is 1. The Bertz CT molecular complexity index is 1230. The number of Topliss-reactive ketones (excluding diaryl/α,β-unsaturated/α-hetero) is 1. The minimum absolute atomic E-state index is 0.134. The van der Waals surface area contributed by atoms with Crippen LogP contribution in [0, 0.1) is 23.7 Å². The van der Waals surface area contributed by atoms with Crippen LogP contribution in [0.15, 0.2) is 71.6 Å². The van der Waals surface area contributed by atoms with Crippen LogP contribution in [0.3, 0.4) is 0 Å². The highest BCUT2D eigenvalue weighted by Gasteiger charge is 2.70. The lowest BCUT2D eigenvalue weighted by molar-refractivity contribution is -0.186. The van der Waals surface area contributed by atoms with Gasteiger partial charge in [0.25, 0.3) is 0 Å². The van der Waals surface area contributed by atoms with Crippen LogP contribution in [0.25, 0.3) is 0 Å². The van der Waals surface area contributed by atoms with E-state index >= 15 is 0 Å². The first-order valence-corrected chi connectivity index (χ1v) is 13.7. The van der Waals surface area contributed by atoms with Crippen LogP contribution in [0.4, 0.5) is 0 Å². The Kier molecular flexibility index (Phi) is 6.24. The predicted octanol–water partition coefficient (Wildman–Crippen LogP) is 3.88. The summed E-state index contributed by atoms with van der Waals surface area (Å²) in [5.41, 5.74) is 0.529. The maximum absolute atomic E-state index is 13.9. The van der Waals surface area contributed by atoms with Gasteiger partial charge in [0.2, 0.25) is 10.0 Å². The molecule has 4 bridgehead atoms. The number of carbonyl (C=O) groups is 1. The molecule has 0 unspecified atom stereocenters. The Morgan fingerprint density at radius 2 is 1.83 bits per heavy atom. The van der Waals surface area contributed by atoms with Crippen LogP contribution in [0.2, 0.25) is 0 Å². The van der Waals surface area contributed by atoms with Crippen molar-refractivity contribution < 1.29 is 23.1 Å². The SMILES string of the molecule is Cc1ccc(S(=O)(=O)N2C[C@H]3C[C@H](O)C(=O)[C@@]4(CCOCc5ccccc5)[C@@H]2C=CC[C@@]34C)cc1. The van der Waals surface area contributed by atoms with Gasteiger partial charge in [-0.15, -0.1) is 0 Å². The van der Waals surface area contributed by atoms with Gasteiger partial charge < -0.3 is 9.84 Å². The van der Waals surface area contributed by atoms with Crippen molar-refractivity contribution >= 4 is 15.8 Å². The number of benzene rings is 2. The number of piperidine rings is 1. The molecule has 0 spiro atoms. The molecule has 0 radical (unpaired) electrons. The first kappa shape index (κ1) is 24.4. The van der Waals surface area contributed by atoms with Crippen LogP contribution in [-0.2, 0) is 26.2 Å². The lowest BCUT2D eigenvalue weighted by atomic mass is 9.43. The fraction of sp³-hybridized carbons (Fsp3) is 0.464. The van der Waals surface area contributed by atoms with E-state index in [1.807, 2.05) is 49.4 Å². The van der Waals surface area contributed by atoms with Gasteiger partial charge in [-0.2, -0.15) is 4.31 Å². The number of nitrogens with zero attached hydrogens (tertiary/aromatic N) is 1. The summed E-state index contributed by atoms with van der Waals surface area (Å²) in [7, 11) is -3.84. The molecule has 1 aliphatic heterocycles.